The lowest BCUT2D eigenvalue weighted by molar-refractivity contribution is -0.139. The van der Waals surface area contributed by atoms with Crippen LogP contribution in [0.2, 0.25) is 0 Å². The first-order valence-corrected chi connectivity index (χ1v) is 7.75. The van der Waals surface area contributed by atoms with E-state index in [4.69, 9.17) is 9.47 Å². The summed E-state index contributed by atoms with van der Waals surface area (Å²) in [4.78, 5) is 11.5. The number of rotatable bonds is 9. The number of carbonyl (C=O) groups is 1. The summed E-state index contributed by atoms with van der Waals surface area (Å²) in [6.45, 7) is 0.596. The molecule has 0 aliphatic carbocycles. The van der Waals surface area contributed by atoms with E-state index in [1.165, 1.54) is 0 Å². The van der Waals surface area contributed by atoms with Crippen LogP contribution in [0.15, 0.2) is 54.6 Å². The zero-order valence-electron chi connectivity index (χ0n) is 13.3. The fourth-order valence-electron chi connectivity index (χ4n) is 2.43. The van der Waals surface area contributed by atoms with Gasteiger partial charge in [0.25, 0.3) is 0 Å². The minimum Gasteiger partial charge on any atom is -0.497 e. The monoisotopic (exact) mass is 314 g/mol. The van der Waals surface area contributed by atoms with Gasteiger partial charge in [-0.15, -0.1) is 0 Å². The van der Waals surface area contributed by atoms with Crippen LogP contribution in [0.3, 0.4) is 0 Å². The molecule has 2 rings (SSSR count). The first kappa shape index (κ1) is 16.9. The fraction of sp³-hybridized carbons (Fsp3) is 0.316. The largest absolute Gasteiger partial charge is 0.497 e. The number of ether oxygens (including phenoxy) is 2. The maximum atomic E-state index is 11.5. The Labute approximate surface area is 136 Å². The topological polar surface area (TPSA) is 55.8 Å². The molecule has 4 nitrogen and oxygen atoms in total. The third kappa shape index (κ3) is 5.33. The van der Waals surface area contributed by atoms with Gasteiger partial charge in [0.1, 0.15) is 11.5 Å². The van der Waals surface area contributed by atoms with E-state index in [-0.39, 0.29) is 0 Å². The third-order valence-electron chi connectivity index (χ3n) is 3.72. The quantitative estimate of drug-likeness (QED) is 0.708. The van der Waals surface area contributed by atoms with Gasteiger partial charge in [0.05, 0.1) is 19.6 Å². The molecular formula is C19H22O4. The van der Waals surface area contributed by atoms with Gasteiger partial charge in [-0.05, 0) is 49.1 Å². The molecule has 2 aromatic carbocycles. The van der Waals surface area contributed by atoms with E-state index in [0.717, 1.165) is 29.9 Å². The normalized spacial score (nSPS) is 11.7. The third-order valence-corrected chi connectivity index (χ3v) is 3.72. The van der Waals surface area contributed by atoms with E-state index >= 15 is 0 Å². The van der Waals surface area contributed by atoms with E-state index in [9.17, 15) is 9.90 Å². The molecule has 0 saturated carbocycles. The molecule has 0 bridgehead atoms. The van der Waals surface area contributed by atoms with Crippen molar-refractivity contribution in [3.63, 3.8) is 0 Å². The van der Waals surface area contributed by atoms with Crippen LogP contribution in [0.1, 0.15) is 30.7 Å². The van der Waals surface area contributed by atoms with Crippen molar-refractivity contribution in [3.8, 4) is 11.5 Å². The van der Waals surface area contributed by atoms with Crippen LogP contribution >= 0.6 is 0 Å². The lowest BCUT2D eigenvalue weighted by Crippen LogP contribution is -2.12. The highest BCUT2D eigenvalue weighted by Gasteiger charge is 2.19. The van der Waals surface area contributed by atoms with Crippen molar-refractivity contribution in [3.05, 3.63) is 60.2 Å². The predicted octanol–water partition coefficient (Wildman–Crippen LogP) is 4.11. The highest BCUT2D eigenvalue weighted by atomic mass is 16.5. The van der Waals surface area contributed by atoms with Crippen LogP contribution < -0.4 is 9.47 Å². The maximum Gasteiger partial charge on any atom is 0.310 e. The Morgan fingerprint density at radius 3 is 2.30 bits per heavy atom. The van der Waals surface area contributed by atoms with Crippen LogP contribution in [-0.2, 0) is 4.79 Å². The van der Waals surface area contributed by atoms with Gasteiger partial charge in [0.2, 0.25) is 0 Å². The smallest absolute Gasteiger partial charge is 0.310 e. The van der Waals surface area contributed by atoms with Crippen molar-refractivity contribution in [2.24, 2.45) is 0 Å². The van der Waals surface area contributed by atoms with Crippen molar-refractivity contribution in [2.45, 2.75) is 25.2 Å². The summed E-state index contributed by atoms with van der Waals surface area (Å²) in [6.07, 6.45) is 2.23. The summed E-state index contributed by atoms with van der Waals surface area (Å²) >= 11 is 0. The molecule has 0 aromatic heterocycles. The summed E-state index contributed by atoms with van der Waals surface area (Å²) in [6, 6.07) is 16.9. The van der Waals surface area contributed by atoms with Gasteiger partial charge < -0.3 is 14.6 Å². The Kier molecular flexibility index (Phi) is 6.48. The maximum absolute atomic E-state index is 11.5. The number of carboxylic acid groups (broad SMARTS) is 1. The highest BCUT2D eigenvalue weighted by molar-refractivity contribution is 5.76. The van der Waals surface area contributed by atoms with E-state index < -0.39 is 11.9 Å². The molecule has 0 heterocycles. The Hall–Kier alpha value is -2.49. The molecule has 0 saturated heterocycles. The zero-order chi connectivity index (χ0) is 16.5. The van der Waals surface area contributed by atoms with Gasteiger partial charge in [0, 0.05) is 0 Å². The Morgan fingerprint density at radius 2 is 1.70 bits per heavy atom. The van der Waals surface area contributed by atoms with Gasteiger partial charge >= 0.3 is 5.97 Å². The van der Waals surface area contributed by atoms with Crippen LogP contribution in [0.25, 0.3) is 0 Å². The predicted molar refractivity (Wildman–Crippen MR) is 89.2 cm³/mol. The van der Waals surface area contributed by atoms with Gasteiger partial charge in [-0.25, -0.2) is 0 Å². The number of para-hydroxylation sites is 1. The lowest BCUT2D eigenvalue weighted by atomic mass is 9.93. The van der Waals surface area contributed by atoms with Crippen molar-refractivity contribution in [2.75, 3.05) is 13.7 Å². The molecule has 1 unspecified atom stereocenters. The van der Waals surface area contributed by atoms with Crippen molar-refractivity contribution in [1.82, 2.24) is 0 Å². The molecule has 23 heavy (non-hydrogen) atoms. The van der Waals surface area contributed by atoms with Gasteiger partial charge in [-0.1, -0.05) is 30.3 Å². The number of hydrogen-bond donors (Lipinski definition) is 1. The summed E-state index contributed by atoms with van der Waals surface area (Å²) in [5.41, 5.74) is 0.808. The number of carboxylic acids is 1. The molecule has 0 fully saturated rings. The molecule has 1 atom stereocenters. The molecular weight excluding hydrogens is 292 g/mol. The van der Waals surface area contributed by atoms with E-state index in [1.54, 1.807) is 19.2 Å². The average molecular weight is 314 g/mol. The second kappa shape index (κ2) is 8.83. The molecule has 0 spiro atoms. The first-order valence-electron chi connectivity index (χ1n) is 7.75. The second-order valence-electron chi connectivity index (χ2n) is 5.32. The number of benzene rings is 2. The number of unbranched alkanes of at least 4 members (excludes halogenated alkanes) is 1. The molecule has 0 aliphatic rings. The summed E-state index contributed by atoms with van der Waals surface area (Å²) in [5.74, 6) is 0.295. The molecule has 0 amide bonds. The number of methoxy groups -OCH3 is 1. The fourth-order valence-corrected chi connectivity index (χ4v) is 2.43. The Balaban J connectivity index is 1.79. The summed E-state index contributed by atoms with van der Waals surface area (Å²) < 4.78 is 10.7. The van der Waals surface area contributed by atoms with E-state index in [0.29, 0.717) is 13.0 Å². The van der Waals surface area contributed by atoms with Crippen molar-refractivity contribution >= 4 is 5.97 Å². The van der Waals surface area contributed by atoms with Gasteiger partial charge in [-0.2, -0.15) is 0 Å². The molecule has 2 aromatic rings. The SMILES string of the molecule is COc1ccc(C(CCCCOc2ccccc2)C(=O)O)cc1. The molecule has 0 radical (unpaired) electrons. The van der Waals surface area contributed by atoms with Crippen molar-refractivity contribution in [1.29, 1.82) is 0 Å². The van der Waals surface area contributed by atoms with Crippen LogP contribution in [0.4, 0.5) is 0 Å². The molecule has 0 aliphatic heterocycles. The summed E-state index contributed by atoms with van der Waals surface area (Å²) in [7, 11) is 1.59. The van der Waals surface area contributed by atoms with E-state index in [2.05, 4.69) is 0 Å². The Morgan fingerprint density at radius 1 is 1.00 bits per heavy atom. The average Bonchev–Trinajstić information content (AvgIpc) is 2.59. The summed E-state index contributed by atoms with van der Waals surface area (Å²) in [5, 5.41) is 9.43. The van der Waals surface area contributed by atoms with Crippen molar-refractivity contribution < 1.29 is 19.4 Å². The standard InChI is InChI=1S/C19H22O4/c1-22-16-12-10-15(11-13-16)18(19(20)21)9-5-6-14-23-17-7-3-2-4-8-17/h2-4,7-8,10-13,18H,5-6,9,14H2,1H3,(H,20,21). The molecule has 4 heteroatoms. The number of hydrogen-bond acceptors (Lipinski definition) is 3. The highest BCUT2D eigenvalue weighted by Crippen LogP contribution is 2.24. The van der Waals surface area contributed by atoms with Gasteiger partial charge in [-0.3, -0.25) is 4.79 Å². The lowest BCUT2D eigenvalue weighted by Gasteiger charge is -2.13. The van der Waals surface area contributed by atoms with Crippen LogP contribution in [-0.4, -0.2) is 24.8 Å². The minimum atomic E-state index is -0.792. The van der Waals surface area contributed by atoms with E-state index in [1.807, 2.05) is 42.5 Å². The zero-order valence-corrected chi connectivity index (χ0v) is 13.3. The second-order valence-corrected chi connectivity index (χ2v) is 5.32. The van der Waals surface area contributed by atoms with Crippen LogP contribution in [0.5, 0.6) is 11.5 Å². The number of aliphatic carboxylic acids is 1. The first-order chi connectivity index (χ1) is 11.2. The van der Waals surface area contributed by atoms with Crippen LogP contribution in [0, 0.1) is 0 Å². The molecule has 1 N–H and O–H groups in total. The minimum absolute atomic E-state index is 0.488. The van der Waals surface area contributed by atoms with Gasteiger partial charge in [0.15, 0.2) is 0 Å². The molecule has 122 valence electrons. The Bertz CT molecular complexity index is 593.